The maximum atomic E-state index is 11.2. The summed E-state index contributed by atoms with van der Waals surface area (Å²) in [5.41, 5.74) is 0.496. The average Bonchev–Trinajstić information content (AvgIpc) is 2.17. The summed E-state index contributed by atoms with van der Waals surface area (Å²) in [6.45, 7) is 2.51. The number of carbonyl (C=O) groups excluding carboxylic acids is 1. The molecule has 0 heterocycles. The fourth-order valence-electron chi connectivity index (χ4n) is 1.03. The highest BCUT2D eigenvalue weighted by molar-refractivity contribution is 9.10. The zero-order valence-electron chi connectivity index (χ0n) is 8.04. The number of hydrogen-bond acceptors (Lipinski definition) is 3. The molecule has 0 unspecified atom stereocenters. The molecular formula is C10H11BrO3. The molecule has 1 aromatic rings. The summed E-state index contributed by atoms with van der Waals surface area (Å²) in [7, 11) is 1.35. The molecule has 3 nitrogen and oxygen atoms in total. The van der Waals surface area contributed by atoms with E-state index in [0.29, 0.717) is 16.6 Å². The van der Waals surface area contributed by atoms with Gasteiger partial charge in [0.15, 0.2) is 0 Å². The van der Waals surface area contributed by atoms with Crippen molar-refractivity contribution in [3.05, 3.63) is 28.2 Å². The molecule has 0 radical (unpaired) electrons. The highest BCUT2D eigenvalue weighted by Gasteiger charge is 2.10. The van der Waals surface area contributed by atoms with Gasteiger partial charge in [-0.25, -0.2) is 4.79 Å². The van der Waals surface area contributed by atoms with E-state index < -0.39 is 0 Å². The Morgan fingerprint density at radius 2 is 2.21 bits per heavy atom. The molecule has 0 fully saturated rings. The van der Waals surface area contributed by atoms with Crippen LogP contribution in [0.15, 0.2) is 22.7 Å². The number of hydrogen-bond donors (Lipinski definition) is 0. The topological polar surface area (TPSA) is 35.5 Å². The summed E-state index contributed by atoms with van der Waals surface area (Å²) in [5, 5.41) is 0. The van der Waals surface area contributed by atoms with E-state index >= 15 is 0 Å². The number of rotatable bonds is 3. The Bertz CT molecular complexity index is 336. The maximum absolute atomic E-state index is 11.2. The number of esters is 1. The van der Waals surface area contributed by atoms with Gasteiger partial charge in [0.25, 0.3) is 0 Å². The van der Waals surface area contributed by atoms with Gasteiger partial charge < -0.3 is 9.47 Å². The van der Waals surface area contributed by atoms with Crippen molar-refractivity contribution < 1.29 is 14.3 Å². The molecule has 1 aromatic carbocycles. The van der Waals surface area contributed by atoms with Gasteiger partial charge in [-0.2, -0.15) is 0 Å². The van der Waals surface area contributed by atoms with Gasteiger partial charge in [0.2, 0.25) is 0 Å². The molecular weight excluding hydrogens is 248 g/mol. The summed E-state index contributed by atoms with van der Waals surface area (Å²) >= 11 is 3.28. The van der Waals surface area contributed by atoms with Crippen LogP contribution in [0.1, 0.15) is 17.3 Å². The highest BCUT2D eigenvalue weighted by atomic mass is 79.9. The first-order chi connectivity index (χ1) is 6.69. The summed E-state index contributed by atoms with van der Waals surface area (Å²) in [4.78, 5) is 11.2. The van der Waals surface area contributed by atoms with Crippen LogP contribution >= 0.6 is 15.9 Å². The van der Waals surface area contributed by atoms with E-state index in [4.69, 9.17) is 4.74 Å². The predicted molar refractivity (Wildman–Crippen MR) is 56.7 cm³/mol. The van der Waals surface area contributed by atoms with Crippen molar-refractivity contribution in [1.29, 1.82) is 0 Å². The van der Waals surface area contributed by atoms with Crippen molar-refractivity contribution in [2.75, 3.05) is 13.7 Å². The van der Waals surface area contributed by atoms with Crippen molar-refractivity contribution in [3.63, 3.8) is 0 Å². The van der Waals surface area contributed by atoms with Gasteiger partial charge in [0.1, 0.15) is 5.75 Å². The lowest BCUT2D eigenvalue weighted by atomic mass is 10.2. The molecule has 14 heavy (non-hydrogen) atoms. The molecule has 1 rings (SSSR count). The van der Waals surface area contributed by atoms with Gasteiger partial charge in [0, 0.05) is 4.47 Å². The van der Waals surface area contributed by atoms with Crippen LogP contribution in [-0.4, -0.2) is 19.7 Å². The quantitative estimate of drug-likeness (QED) is 0.783. The molecule has 0 amide bonds. The molecule has 0 atom stereocenters. The number of benzene rings is 1. The molecule has 0 N–H and O–H groups in total. The van der Waals surface area contributed by atoms with E-state index in [9.17, 15) is 4.79 Å². The summed E-state index contributed by atoms with van der Waals surface area (Å²) in [6, 6.07) is 5.15. The number of ether oxygens (including phenoxy) is 2. The number of halogens is 1. The van der Waals surface area contributed by atoms with Gasteiger partial charge in [-0.3, -0.25) is 0 Å². The largest absolute Gasteiger partial charge is 0.494 e. The van der Waals surface area contributed by atoms with E-state index in [1.54, 1.807) is 18.2 Å². The molecule has 0 bridgehead atoms. The van der Waals surface area contributed by atoms with Crippen LogP contribution in [0.5, 0.6) is 5.75 Å². The zero-order chi connectivity index (χ0) is 10.6. The minimum absolute atomic E-state index is 0.361. The monoisotopic (exact) mass is 258 g/mol. The Kier molecular flexibility index (Phi) is 3.95. The lowest BCUT2D eigenvalue weighted by Crippen LogP contribution is -2.02. The van der Waals surface area contributed by atoms with Crippen molar-refractivity contribution in [1.82, 2.24) is 0 Å². The van der Waals surface area contributed by atoms with E-state index in [-0.39, 0.29) is 5.97 Å². The minimum Gasteiger partial charge on any atom is -0.494 e. The molecule has 0 saturated heterocycles. The van der Waals surface area contributed by atoms with Gasteiger partial charge in [0.05, 0.1) is 19.3 Å². The fourth-order valence-corrected chi connectivity index (χ4v) is 1.55. The zero-order valence-corrected chi connectivity index (χ0v) is 9.63. The second-order valence-corrected chi connectivity index (χ2v) is 3.42. The second-order valence-electron chi connectivity index (χ2n) is 2.57. The Balaban J connectivity index is 2.95. The van der Waals surface area contributed by atoms with Crippen LogP contribution in [0, 0.1) is 0 Å². The molecule has 0 spiro atoms. The molecule has 4 heteroatoms. The van der Waals surface area contributed by atoms with Crippen LogP contribution in [0.2, 0.25) is 0 Å². The van der Waals surface area contributed by atoms with Gasteiger partial charge in [-0.15, -0.1) is 0 Å². The van der Waals surface area contributed by atoms with Crippen molar-refractivity contribution >= 4 is 21.9 Å². The Morgan fingerprint density at radius 1 is 1.50 bits per heavy atom. The first-order valence-electron chi connectivity index (χ1n) is 4.19. The maximum Gasteiger partial charge on any atom is 0.339 e. The van der Waals surface area contributed by atoms with Crippen LogP contribution in [-0.2, 0) is 4.74 Å². The smallest absolute Gasteiger partial charge is 0.339 e. The summed E-state index contributed by atoms with van der Waals surface area (Å²) in [6.07, 6.45) is 0. The van der Waals surface area contributed by atoms with Gasteiger partial charge >= 0.3 is 5.97 Å². The molecule has 0 aliphatic heterocycles. The van der Waals surface area contributed by atoms with Gasteiger partial charge in [-0.1, -0.05) is 0 Å². The molecule has 0 aliphatic rings. The highest BCUT2D eigenvalue weighted by Crippen LogP contribution is 2.23. The number of carbonyl (C=O) groups is 1. The van der Waals surface area contributed by atoms with Crippen LogP contribution in [0.25, 0.3) is 0 Å². The predicted octanol–water partition coefficient (Wildman–Crippen LogP) is 2.63. The second kappa shape index (κ2) is 5.00. The third kappa shape index (κ3) is 2.48. The fraction of sp³-hybridized carbons (Fsp3) is 0.300. The molecule has 0 saturated carbocycles. The lowest BCUT2D eigenvalue weighted by molar-refractivity contribution is 0.0599. The Morgan fingerprint density at radius 3 is 2.71 bits per heavy atom. The van der Waals surface area contributed by atoms with E-state index in [1.165, 1.54) is 7.11 Å². The number of methoxy groups -OCH3 is 1. The van der Waals surface area contributed by atoms with Crippen LogP contribution in [0.3, 0.4) is 0 Å². The molecule has 0 aromatic heterocycles. The van der Waals surface area contributed by atoms with E-state index in [1.807, 2.05) is 6.92 Å². The van der Waals surface area contributed by atoms with Crippen LogP contribution < -0.4 is 4.74 Å². The Hall–Kier alpha value is -1.03. The van der Waals surface area contributed by atoms with Gasteiger partial charge in [-0.05, 0) is 41.1 Å². The molecule has 0 aliphatic carbocycles. The summed E-state index contributed by atoms with van der Waals surface area (Å²) < 4.78 is 10.6. The normalized spacial score (nSPS) is 9.64. The standard InChI is InChI=1S/C10H11BrO3/c1-3-14-7-4-5-8(9(11)6-7)10(12)13-2/h4-6H,3H2,1-2H3. The first-order valence-corrected chi connectivity index (χ1v) is 4.99. The SMILES string of the molecule is CCOc1ccc(C(=O)OC)c(Br)c1. The lowest BCUT2D eigenvalue weighted by Gasteiger charge is -2.06. The third-order valence-electron chi connectivity index (χ3n) is 1.66. The van der Waals surface area contributed by atoms with Crippen LogP contribution in [0.4, 0.5) is 0 Å². The van der Waals surface area contributed by atoms with E-state index in [0.717, 1.165) is 5.75 Å². The first kappa shape index (κ1) is 11.0. The Labute approximate surface area is 91.1 Å². The average molecular weight is 259 g/mol. The molecule has 76 valence electrons. The summed E-state index contributed by atoms with van der Waals surface area (Å²) in [5.74, 6) is 0.368. The minimum atomic E-state index is -0.361. The van der Waals surface area contributed by atoms with Crippen molar-refractivity contribution in [2.45, 2.75) is 6.92 Å². The third-order valence-corrected chi connectivity index (χ3v) is 2.31. The van der Waals surface area contributed by atoms with Crippen molar-refractivity contribution in [3.8, 4) is 5.75 Å². The van der Waals surface area contributed by atoms with Crippen molar-refractivity contribution in [2.24, 2.45) is 0 Å². The van der Waals surface area contributed by atoms with E-state index in [2.05, 4.69) is 20.7 Å².